The number of nitrogens with zero attached hydrogens (tertiary/aromatic N) is 16. The number of aryl methyl sites for hydroxylation is 3. The van der Waals surface area contributed by atoms with Crippen LogP contribution in [0.2, 0.25) is 20.1 Å². The van der Waals surface area contributed by atoms with Crippen LogP contribution < -0.4 is 45.9 Å². The third kappa shape index (κ3) is 33.0. The van der Waals surface area contributed by atoms with Crippen molar-refractivity contribution in [1.82, 2.24) is 79.6 Å². The van der Waals surface area contributed by atoms with Gasteiger partial charge in [0.15, 0.2) is 19.7 Å². The maximum absolute atomic E-state index is 13.5. The predicted octanol–water partition coefficient (Wildman–Crippen LogP) is 21.2. The Kier molecular flexibility index (Phi) is 45.7. The lowest BCUT2D eigenvalue weighted by atomic mass is 9.77. The first-order valence-corrected chi connectivity index (χ1v) is 55.8. The summed E-state index contributed by atoms with van der Waals surface area (Å²) in [5.41, 5.74) is 18.8. The van der Waals surface area contributed by atoms with Crippen molar-refractivity contribution in [3.8, 4) is 45.8 Å². The van der Waals surface area contributed by atoms with Gasteiger partial charge in [-0.2, -0.15) is 28.7 Å². The summed E-state index contributed by atoms with van der Waals surface area (Å²) in [4.78, 5) is 61.8. The van der Waals surface area contributed by atoms with Gasteiger partial charge in [-0.15, -0.1) is 0 Å². The molecule has 6 N–H and O–H groups in total. The Bertz CT molecular complexity index is 7450. The molecule has 0 amide bonds. The first kappa shape index (κ1) is 124. The van der Waals surface area contributed by atoms with Crippen LogP contribution in [0.25, 0.3) is 55.0 Å². The van der Waals surface area contributed by atoms with Gasteiger partial charge in [-0.3, -0.25) is 0 Å². The van der Waals surface area contributed by atoms with Crippen molar-refractivity contribution in [1.29, 1.82) is 0 Å². The van der Waals surface area contributed by atoms with Gasteiger partial charge in [0.1, 0.15) is 32.9 Å². The number of aromatic nitrogens is 14. The fourth-order valence-corrected chi connectivity index (χ4v) is 22.8. The highest BCUT2D eigenvalue weighted by Crippen LogP contribution is 2.40. The molecule has 8 heterocycles. The predicted molar refractivity (Wildman–Crippen MR) is 593 cm³/mol. The molecule has 2 aliphatic carbocycles. The number of hydrogen-bond donors (Lipinski definition) is 4. The number of rotatable bonds is 24. The maximum atomic E-state index is 13.5. The summed E-state index contributed by atoms with van der Waals surface area (Å²) in [6.45, 7) is 14.1. The number of sulfonamides is 1. The molecule has 14 aromatic rings. The van der Waals surface area contributed by atoms with Gasteiger partial charge >= 0.3 is 19.3 Å². The molecule has 17 rings (SSSR count). The largest absolute Gasteiger partial charge is 0.494 e. The average Bonchev–Trinajstić information content (AvgIpc) is 1.74. The van der Waals surface area contributed by atoms with Crippen LogP contribution in [0.3, 0.4) is 0 Å². The van der Waals surface area contributed by atoms with Crippen molar-refractivity contribution < 1.29 is 70.7 Å². The molecule has 2 saturated carbocycles. The number of nitrogens with two attached hydrogens (primary N) is 2. The third-order valence-electron chi connectivity index (χ3n) is 24.0. The zero-order valence-corrected chi connectivity index (χ0v) is 92.6. The number of sulfone groups is 2. The first-order chi connectivity index (χ1) is 69.1. The van der Waals surface area contributed by atoms with Crippen molar-refractivity contribution in [2.45, 2.75) is 208 Å². The summed E-state index contributed by atoms with van der Waals surface area (Å²) in [7, 11) is 4.04. The Morgan fingerprint density at radius 2 is 0.819 bits per heavy atom. The Morgan fingerprint density at radius 3 is 1.24 bits per heavy atom. The van der Waals surface area contributed by atoms with Gasteiger partial charge in [0, 0.05) is 88.2 Å². The van der Waals surface area contributed by atoms with E-state index in [0.29, 0.717) is 72.9 Å². The lowest BCUT2D eigenvalue weighted by Crippen LogP contribution is -2.41. The molecule has 3 fully saturated rings. The number of benzene rings is 7. The SMILES string of the molecule is C.C.C.CCc1cc(-c2cnc(CS(=O)(=O)c3ccccc3Cl)nc2OC)cc2cnc(F)nc12.CCc1cc(-c2cnc(NS(=O)(=O)c3ccccc3Cl)nc2OC)cc2cnc(NC3CCC(N(C)C)CC3)nc12.CCc1cc(B2OC(C)(C)C(C)(C)O2)cc2cnc(F)nc12.CN(C)C1CCC(N)CC1.COc1nc(CS(=O)(=O)c2ccccc2Cl)ncc1Br.COc1nc(N)ncc1Br.O=S(=O)(Cl)c1ccccc1Cl. The summed E-state index contributed by atoms with van der Waals surface area (Å²) in [5, 5.41) is 6.44. The van der Waals surface area contributed by atoms with Crippen LogP contribution in [-0.2, 0) is 78.8 Å². The van der Waals surface area contributed by atoms with Crippen LogP contribution in [-0.4, -0.2) is 212 Å². The molecule has 0 atom stereocenters. The highest BCUT2D eigenvalue weighted by atomic mass is 79.9. The maximum Gasteiger partial charge on any atom is 0.494 e. The third-order valence-corrected chi connectivity index (χ3v) is 33.0. The number of methoxy groups -OCH3 is 4. The molecule has 149 heavy (non-hydrogen) atoms. The average molecular weight is 2350 g/mol. The van der Waals surface area contributed by atoms with E-state index in [4.69, 9.17) is 102 Å². The first-order valence-electron chi connectivity index (χ1n) is 45.6. The van der Waals surface area contributed by atoms with E-state index in [2.05, 4.69) is 152 Å². The number of halogens is 9. The van der Waals surface area contributed by atoms with Gasteiger partial charge in [-0.1, -0.05) is 150 Å². The highest BCUT2D eigenvalue weighted by Gasteiger charge is 2.52. The fourth-order valence-electron chi connectivity index (χ4n) is 15.5. The van der Waals surface area contributed by atoms with Crippen LogP contribution in [0.15, 0.2) is 205 Å². The van der Waals surface area contributed by atoms with E-state index in [1.165, 1.54) is 134 Å². The van der Waals surface area contributed by atoms with E-state index in [1.807, 2.05) is 78.1 Å². The Hall–Kier alpha value is -10.6. The molecule has 7 aromatic heterocycles. The minimum atomic E-state index is -3.99. The number of nitrogen functional groups attached to an aromatic ring is 1. The summed E-state index contributed by atoms with van der Waals surface area (Å²) < 4.78 is 161. The van der Waals surface area contributed by atoms with E-state index < -0.39 is 75.0 Å². The monoisotopic (exact) mass is 2350 g/mol. The molecule has 34 nitrogen and oxygen atoms in total. The molecule has 0 radical (unpaired) electrons. The summed E-state index contributed by atoms with van der Waals surface area (Å²) in [5.74, 6) is 1.35. The summed E-state index contributed by atoms with van der Waals surface area (Å²) >= 11 is 30.0. The lowest BCUT2D eigenvalue weighted by molar-refractivity contribution is 0.00578. The molecule has 48 heteroatoms. The molecule has 0 spiro atoms. The van der Waals surface area contributed by atoms with Crippen LogP contribution in [0.4, 0.5) is 26.6 Å². The smallest absolute Gasteiger partial charge is 0.480 e. The summed E-state index contributed by atoms with van der Waals surface area (Å²) in [6, 6.07) is 38.5. The van der Waals surface area contributed by atoms with Gasteiger partial charge in [0.05, 0.1) is 112 Å². The number of nitrogens with one attached hydrogen (secondary N) is 2. The van der Waals surface area contributed by atoms with E-state index >= 15 is 0 Å². The second-order valence-electron chi connectivity index (χ2n) is 34.9. The van der Waals surface area contributed by atoms with Crippen molar-refractivity contribution >= 4 is 191 Å². The second-order valence-corrected chi connectivity index (χ2v) is 46.3. The van der Waals surface area contributed by atoms with E-state index in [-0.39, 0.29) is 109 Å². The molecule has 0 bridgehead atoms. The number of ether oxygens (including phenoxy) is 4. The molecule has 7 aromatic carbocycles. The van der Waals surface area contributed by atoms with E-state index in [1.54, 1.807) is 60.8 Å². The topological polar surface area (TPSA) is 455 Å². The minimum Gasteiger partial charge on any atom is -0.480 e. The van der Waals surface area contributed by atoms with E-state index in [9.17, 15) is 42.5 Å². The molecule has 1 saturated heterocycles. The van der Waals surface area contributed by atoms with Crippen molar-refractivity contribution in [3.05, 3.63) is 246 Å². The highest BCUT2D eigenvalue weighted by molar-refractivity contribution is 9.11. The number of hydrogen-bond acceptors (Lipinski definition) is 33. The molecule has 0 unspecified atom stereocenters. The fraction of sp³-hybridized carbons (Fsp3) is 0.366. The Morgan fingerprint density at radius 1 is 0.450 bits per heavy atom. The van der Waals surface area contributed by atoms with Gasteiger partial charge in [-0.25, -0.2) is 88.2 Å². The van der Waals surface area contributed by atoms with Crippen molar-refractivity contribution in [3.63, 3.8) is 0 Å². The molecule has 800 valence electrons. The van der Waals surface area contributed by atoms with Gasteiger partial charge in [-0.05, 0) is 264 Å². The Balaban J connectivity index is 0.000000224. The van der Waals surface area contributed by atoms with Crippen LogP contribution in [0.5, 0.6) is 23.5 Å². The number of anilines is 3. The van der Waals surface area contributed by atoms with E-state index in [0.717, 1.165) is 94.1 Å². The molecular weight excluding hydrogens is 2230 g/mol. The van der Waals surface area contributed by atoms with Crippen molar-refractivity contribution in [2.75, 3.05) is 72.4 Å². The number of fused-ring (bicyclic) bond motifs is 3. The quantitative estimate of drug-likeness (QED) is 0.0248. The van der Waals surface area contributed by atoms with Crippen molar-refractivity contribution in [2.24, 2.45) is 5.73 Å². The minimum absolute atomic E-state index is 0. The zero-order valence-electron chi connectivity index (χ0n) is 82.4. The van der Waals surface area contributed by atoms with Crippen LogP contribution >= 0.6 is 88.9 Å². The van der Waals surface area contributed by atoms with Gasteiger partial charge < -0.3 is 54.8 Å². The van der Waals surface area contributed by atoms with Crippen LogP contribution in [0, 0.1) is 12.2 Å². The zero-order chi connectivity index (χ0) is 107. The molecular formula is C101H122BBr2Cl5F2N20O14S4. The van der Waals surface area contributed by atoms with Gasteiger partial charge in [0.25, 0.3) is 19.1 Å². The Labute approximate surface area is 911 Å². The summed E-state index contributed by atoms with van der Waals surface area (Å²) in [6.07, 6.45) is 20.9. The van der Waals surface area contributed by atoms with Crippen LogP contribution in [0.1, 0.15) is 150 Å². The standard InChI is InChI=1S/C29H34ClN7O3S.C22H18ClFN4O3S.C16H20BFN2O2.C12H10BrClN2O3S.C8H18N2.C6H4Cl2O2S.C5H6BrN3O.3CH4/c1-5-18-14-19(15-20-16-31-28(34-26(18)20)33-21-10-12-22(13-11-21)37(2)3)23-17-32-29(35-27(23)40-4)36-41(38,39)25-9-7-6-8-24(25)30;1-3-13-8-14(9-15-10-26-22(24)28-20(13)15)16-11-25-19(27-21(16)31-2)12-32(29,30)18-7-5-4-6-17(18)23;1-6-10-7-12(8-11-9-19-14(18)20-13(10)11)17-21-15(2,3)16(4,5)22-17;1-19-12-8(13)6-15-11(16-12)7-20(17,18)10-5-3-2-4-9(10)14;1-10(2)8-5-3-7(9)4-6-8;7-5-3-1-2-4-6(5)11(8,9)10;1-10-4-3(6)2-8-5(7)9-4;;;/h6-9,14-17,21-22H,5,10-13H2,1-4H3,(H,31,33,34)(H,32,35,36);4-11H,3,12H2,1-2H3;7-9H,6H2,1-5H3;2-6H,7H2,1H3;7-8H,3-6,9H2,1-2H3;1-4H;2H,1H3,(H2,7,8,9);3*1H4. The molecule has 1 aliphatic heterocycles. The second kappa shape index (κ2) is 55.1. The lowest BCUT2D eigenvalue weighted by Gasteiger charge is -2.32. The van der Waals surface area contributed by atoms with Gasteiger partial charge in [0.2, 0.25) is 41.4 Å². The molecule has 3 aliphatic rings. The normalized spacial score (nSPS) is 15.6.